The molecule has 0 spiro atoms. The van der Waals surface area contributed by atoms with Gasteiger partial charge in [0.25, 0.3) is 0 Å². The van der Waals surface area contributed by atoms with Crippen LogP contribution in [0.15, 0.2) is 24.3 Å². The fraction of sp³-hybridized carbons (Fsp3) is 0.333. The van der Waals surface area contributed by atoms with Gasteiger partial charge in [-0.15, -0.1) is 0 Å². The van der Waals surface area contributed by atoms with Crippen molar-refractivity contribution in [3.8, 4) is 5.75 Å². The molecule has 0 aromatic heterocycles. The van der Waals surface area contributed by atoms with Gasteiger partial charge in [-0.2, -0.15) is 0 Å². The Hall–Kier alpha value is -1.06. The van der Waals surface area contributed by atoms with Gasteiger partial charge in [0.2, 0.25) is 0 Å². The molecule has 0 aliphatic heterocycles. The molecular formula is C9H13NO2+. The summed E-state index contributed by atoms with van der Waals surface area (Å²) < 4.78 is 0.735. The summed E-state index contributed by atoms with van der Waals surface area (Å²) in [5, 5.41) is 9.99. The second-order valence-corrected chi connectivity index (χ2v) is 3.59. The third-order valence-electron chi connectivity index (χ3n) is 1.71. The van der Waals surface area contributed by atoms with Gasteiger partial charge in [0.05, 0.1) is 21.1 Å². The summed E-state index contributed by atoms with van der Waals surface area (Å²) >= 11 is 0. The Morgan fingerprint density at radius 2 is 1.58 bits per heavy atom. The van der Waals surface area contributed by atoms with Crippen molar-refractivity contribution in [2.45, 2.75) is 0 Å². The number of rotatable bonds is 2. The smallest absolute Gasteiger partial charge is 0.169 e. The van der Waals surface area contributed by atoms with Crippen LogP contribution in [0.3, 0.4) is 0 Å². The van der Waals surface area contributed by atoms with Crippen LogP contribution >= 0.6 is 0 Å². The maximum absolute atomic E-state index is 9.99. The minimum absolute atomic E-state index is 0.354. The molecule has 3 nitrogen and oxygen atoms in total. The largest absolute Gasteiger partial charge is 0.305 e. The second kappa shape index (κ2) is 3.13. The first-order chi connectivity index (χ1) is 5.54. The molecule has 1 aromatic carbocycles. The van der Waals surface area contributed by atoms with E-state index in [1.807, 2.05) is 12.1 Å². The van der Waals surface area contributed by atoms with Crippen molar-refractivity contribution in [1.82, 2.24) is 4.48 Å². The molecule has 1 aromatic rings. The van der Waals surface area contributed by atoms with Gasteiger partial charge < -0.3 is 4.89 Å². The standard InChI is InChI=1S/C9H13NO2/c1-10(2,3)8-4-6-9(12-11)7-5-8/h4-7H,1-3H3/q+1. The quantitative estimate of drug-likeness (QED) is 0.374. The Kier molecular flexibility index (Phi) is 2.35. The summed E-state index contributed by atoms with van der Waals surface area (Å²) in [7, 11) is 6.19. The van der Waals surface area contributed by atoms with E-state index >= 15 is 0 Å². The Balaban J connectivity index is 2.93. The molecule has 0 N–H and O–H groups in total. The van der Waals surface area contributed by atoms with Crippen LogP contribution in [0, 0.1) is 0 Å². The summed E-state index contributed by atoms with van der Waals surface area (Å²) in [6.07, 6.45) is 0. The van der Waals surface area contributed by atoms with Gasteiger partial charge in [-0.25, -0.2) is 0 Å². The van der Waals surface area contributed by atoms with E-state index in [0.29, 0.717) is 5.75 Å². The highest BCUT2D eigenvalue weighted by Crippen LogP contribution is 2.20. The van der Waals surface area contributed by atoms with Crippen LogP contribution in [-0.4, -0.2) is 21.1 Å². The molecule has 1 rings (SSSR count). The number of hydrogen-bond acceptors (Lipinski definition) is 1. The molecule has 65 valence electrons. The van der Waals surface area contributed by atoms with Crippen molar-refractivity contribution < 1.29 is 10.1 Å². The van der Waals surface area contributed by atoms with Gasteiger partial charge in [-0.05, 0) is 12.1 Å². The fourth-order valence-corrected chi connectivity index (χ4v) is 0.949. The van der Waals surface area contributed by atoms with Gasteiger partial charge in [0.1, 0.15) is 5.69 Å². The molecule has 0 saturated heterocycles. The number of nitrogens with zero attached hydrogens (tertiary/aromatic N) is 1. The minimum atomic E-state index is 0.354. The summed E-state index contributed by atoms with van der Waals surface area (Å²) in [5.74, 6) is 0.354. The van der Waals surface area contributed by atoms with Crippen LogP contribution in [0.1, 0.15) is 0 Å². The Morgan fingerprint density at radius 1 is 1.08 bits per heavy atom. The van der Waals surface area contributed by atoms with Crippen LogP contribution in [0.5, 0.6) is 5.75 Å². The zero-order valence-corrected chi connectivity index (χ0v) is 7.57. The molecular weight excluding hydrogens is 154 g/mol. The zero-order chi connectivity index (χ0) is 9.19. The van der Waals surface area contributed by atoms with Crippen molar-refractivity contribution in [3.05, 3.63) is 24.3 Å². The van der Waals surface area contributed by atoms with Crippen molar-refractivity contribution >= 4 is 5.69 Å². The van der Waals surface area contributed by atoms with Crippen LogP contribution in [-0.2, 0) is 5.26 Å². The summed E-state index contributed by atoms with van der Waals surface area (Å²) in [6.45, 7) is 0. The molecule has 0 heterocycles. The van der Waals surface area contributed by atoms with Gasteiger partial charge in [0, 0.05) is 17.4 Å². The first kappa shape index (κ1) is 9.03. The Labute approximate surface area is 72.3 Å². The van der Waals surface area contributed by atoms with Crippen molar-refractivity contribution in [1.29, 1.82) is 0 Å². The molecule has 12 heavy (non-hydrogen) atoms. The van der Waals surface area contributed by atoms with Crippen LogP contribution in [0.4, 0.5) is 5.69 Å². The first-order valence-electron chi connectivity index (χ1n) is 3.76. The molecule has 0 amide bonds. The van der Waals surface area contributed by atoms with Gasteiger partial charge in [0.15, 0.2) is 5.75 Å². The third-order valence-corrected chi connectivity index (χ3v) is 1.71. The molecule has 0 saturated carbocycles. The van der Waals surface area contributed by atoms with E-state index in [2.05, 4.69) is 26.0 Å². The molecule has 0 fully saturated rings. The lowest BCUT2D eigenvalue weighted by Gasteiger charge is -2.23. The van der Waals surface area contributed by atoms with E-state index in [-0.39, 0.29) is 0 Å². The molecule has 0 atom stereocenters. The van der Waals surface area contributed by atoms with Crippen molar-refractivity contribution in [3.63, 3.8) is 0 Å². The van der Waals surface area contributed by atoms with E-state index in [0.717, 1.165) is 10.2 Å². The average Bonchev–Trinajstić information content (AvgIpc) is 2.03. The van der Waals surface area contributed by atoms with E-state index in [1.165, 1.54) is 0 Å². The van der Waals surface area contributed by atoms with Crippen molar-refractivity contribution in [2.75, 3.05) is 21.1 Å². The lowest BCUT2D eigenvalue weighted by Crippen LogP contribution is -2.34. The highest BCUT2D eigenvalue weighted by molar-refractivity contribution is 5.44. The number of quaternary nitrogens is 1. The van der Waals surface area contributed by atoms with E-state index in [9.17, 15) is 5.26 Å². The van der Waals surface area contributed by atoms with Gasteiger partial charge >= 0.3 is 0 Å². The van der Waals surface area contributed by atoms with Crippen molar-refractivity contribution in [2.24, 2.45) is 0 Å². The number of benzene rings is 1. The average molecular weight is 167 g/mol. The maximum Gasteiger partial charge on any atom is 0.169 e. The summed E-state index contributed by atoms with van der Waals surface area (Å²) in [4.78, 5) is 3.82. The molecule has 0 aliphatic carbocycles. The van der Waals surface area contributed by atoms with Crippen LogP contribution < -0.4 is 9.37 Å². The van der Waals surface area contributed by atoms with Crippen LogP contribution in [0.25, 0.3) is 0 Å². The molecule has 0 bridgehead atoms. The lowest BCUT2D eigenvalue weighted by atomic mass is 10.2. The monoisotopic (exact) mass is 167 g/mol. The first-order valence-corrected chi connectivity index (χ1v) is 3.76. The molecule has 3 heteroatoms. The topological polar surface area (TPSA) is 29.1 Å². The highest BCUT2D eigenvalue weighted by Gasteiger charge is 2.11. The predicted octanol–water partition coefficient (Wildman–Crippen LogP) is 1.61. The molecule has 1 radical (unpaired) electrons. The normalized spacial score (nSPS) is 11.3. The van der Waals surface area contributed by atoms with E-state index in [4.69, 9.17) is 0 Å². The Bertz CT molecular complexity index is 248. The summed E-state index contributed by atoms with van der Waals surface area (Å²) in [6, 6.07) is 7.11. The van der Waals surface area contributed by atoms with Gasteiger partial charge in [-0.3, -0.25) is 4.48 Å². The lowest BCUT2D eigenvalue weighted by molar-refractivity contribution is -0.208. The third kappa shape index (κ3) is 1.96. The summed E-state index contributed by atoms with van der Waals surface area (Å²) in [5.41, 5.74) is 1.14. The SMILES string of the molecule is C[N+](C)(C)c1ccc(O[O])cc1. The van der Waals surface area contributed by atoms with Gasteiger partial charge in [-0.1, -0.05) is 0 Å². The highest BCUT2D eigenvalue weighted by atomic mass is 17.1. The Morgan fingerprint density at radius 3 is 1.92 bits per heavy atom. The zero-order valence-electron chi connectivity index (χ0n) is 7.57. The fourth-order valence-electron chi connectivity index (χ4n) is 0.949. The van der Waals surface area contributed by atoms with Crippen LogP contribution in [0.2, 0.25) is 0 Å². The molecule has 0 unspecified atom stereocenters. The minimum Gasteiger partial charge on any atom is -0.305 e. The second-order valence-electron chi connectivity index (χ2n) is 3.59. The maximum atomic E-state index is 9.99. The van der Waals surface area contributed by atoms with E-state index < -0.39 is 0 Å². The number of hydrogen-bond donors (Lipinski definition) is 0. The van der Waals surface area contributed by atoms with E-state index in [1.54, 1.807) is 12.1 Å². The predicted molar refractivity (Wildman–Crippen MR) is 47.3 cm³/mol. The molecule has 0 aliphatic rings.